The summed E-state index contributed by atoms with van der Waals surface area (Å²) in [6.07, 6.45) is 5.79. The summed E-state index contributed by atoms with van der Waals surface area (Å²) in [5.41, 5.74) is 7.39. The number of nitrogens with one attached hydrogen (secondary N) is 4. The number of carbonyl (C=O) groups is 2. The fraction of sp³-hybridized carbons (Fsp3) is 0.200. The van der Waals surface area contributed by atoms with Crippen molar-refractivity contribution in [2.45, 2.75) is 19.6 Å². The van der Waals surface area contributed by atoms with Gasteiger partial charge in [-0.05, 0) is 109 Å². The van der Waals surface area contributed by atoms with Crippen molar-refractivity contribution < 1.29 is 28.9 Å². The van der Waals surface area contributed by atoms with Crippen LogP contribution in [0.5, 0.6) is 11.5 Å². The summed E-state index contributed by atoms with van der Waals surface area (Å²) < 4.78 is 15.6. The summed E-state index contributed by atoms with van der Waals surface area (Å²) >= 11 is 9.72. The number of benzene rings is 4. The third-order valence-electron chi connectivity index (χ3n) is 10.2. The van der Waals surface area contributed by atoms with Crippen molar-refractivity contribution in [3.05, 3.63) is 134 Å². The highest BCUT2D eigenvalue weighted by Gasteiger charge is 2.23. The molecule has 0 spiro atoms. The standard InChI is InChI=1S/C24H21N5O3.C20H16N4O.C4H6ClNO2.CH3PS.CH4/c1-25-23-20-11-16(7-8-21(20)28-22(29-23)17-5-3-9-26-12-17)15-4-2-6-18(10-15)31-14-19-13-27-24(30)32-19;1-21-20-17-11-14(13-4-2-6-16(25)10-13)7-8-18(17)23-19(24-20)15-5-3-9-22-12-15;5-1-3-2-6-4(7)8-3;1-2-3;/h2-12,19H,13-14H2,1H3,(H,27,30)(H,25,28,29);2-12,25H,1H3,(H,21,23,24);3H,1-2H2,(H,6,7);1H3;1H4. The summed E-state index contributed by atoms with van der Waals surface area (Å²) in [5.74, 6) is 4.09. The molecule has 2 unspecified atom stereocenters. The Balaban J connectivity index is 0.000000187. The molecule has 2 amide bonds. The zero-order valence-electron chi connectivity index (χ0n) is 37.1. The first-order valence-electron chi connectivity index (χ1n) is 21.2. The van der Waals surface area contributed by atoms with Crippen molar-refractivity contribution in [3.8, 4) is 56.5 Å². The van der Waals surface area contributed by atoms with Crippen molar-refractivity contribution in [2.24, 2.45) is 0 Å². The molecule has 10 rings (SSSR count). The molecule has 2 aliphatic heterocycles. The van der Waals surface area contributed by atoms with Gasteiger partial charge in [0.2, 0.25) is 0 Å². The summed E-state index contributed by atoms with van der Waals surface area (Å²) in [7, 11) is 4.69. The van der Waals surface area contributed by atoms with E-state index in [1.165, 1.54) is 0 Å². The number of amides is 2. The maximum Gasteiger partial charge on any atom is 0.407 e. The Morgan fingerprint density at radius 1 is 0.681 bits per heavy atom. The highest BCUT2D eigenvalue weighted by atomic mass is 35.5. The third kappa shape index (κ3) is 13.5. The van der Waals surface area contributed by atoms with Crippen LogP contribution >= 0.6 is 19.0 Å². The SMILES string of the molecule is C.CNc1nc(-c2cccnc2)nc2ccc(-c3cccc(O)c3)cc12.CNc1nc(-c2cccnc2)nc2ccc(-c3cccc(OCC4CNC(=O)O4)c3)cc12.CP=S.O=C1NCC(CCl)O1. The molecule has 0 aliphatic carbocycles. The topological polar surface area (TPSA) is 208 Å². The number of aromatic nitrogens is 6. The highest BCUT2D eigenvalue weighted by molar-refractivity contribution is 7.96. The van der Waals surface area contributed by atoms with Gasteiger partial charge in [-0.2, -0.15) is 0 Å². The van der Waals surface area contributed by atoms with Crippen molar-refractivity contribution >= 4 is 76.4 Å². The minimum absolute atomic E-state index is 0. The summed E-state index contributed by atoms with van der Waals surface area (Å²) in [6, 6.07) is 34.7. The zero-order chi connectivity index (χ0) is 47.8. The fourth-order valence-corrected chi connectivity index (χ4v) is 7.10. The highest BCUT2D eigenvalue weighted by Crippen LogP contribution is 2.32. The molecule has 19 heteroatoms. The van der Waals surface area contributed by atoms with Crippen LogP contribution in [0.1, 0.15) is 7.43 Å². The van der Waals surface area contributed by atoms with Gasteiger partial charge in [0.05, 0.1) is 30.0 Å². The first-order valence-corrected chi connectivity index (χ1v) is 24.1. The van der Waals surface area contributed by atoms with Gasteiger partial charge in [-0.15, -0.1) is 11.6 Å². The van der Waals surface area contributed by atoms with E-state index >= 15 is 0 Å². The molecule has 16 nitrogen and oxygen atoms in total. The lowest BCUT2D eigenvalue weighted by Crippen LogP contribution is -2.21. The molecule has 2 saturated heterocycles. The summed E-state index contributed by atoms with van der Waals surface area (Å²) in [5, 5.41) is 23.0. The van der Waals surface area contributed by atoms with Crippen LogP contribution in [-0.4, -0.2) is 106 Å². The van der Waals surface area contributed by atoms with Gasteiger partial charge in [0.15, 0.2) is 17.8 Å². The second-order valence-corrected chi connectivity index (χ2v) is 16.6. The van der Waals surface area contributed by atoms with E-state index < -0.39 is 6.09 Å². The van der Waals surface area contributed by atoms with E-state index in [0.29, 0.717) is 43.0 Å². The van der Waals surface area contributed by atoms with Gasteiger partial charge in [0.1, 0.15) is 35.8 Å². The number of cyclic esters (lactones) is 2. The van der Waals surface area contributed by atoms with Crippen LogP contribution in [0.25, 0.3) is 66.8 Å². The Morgan fingerprint density at radius 3 is 1.59 bits per heavy atom. The van der Waals surface area contributed by atoms with Gasteiger partial charge in [-0.1, -0.05) is 55.6 Å². The number of hydrogen-bond acceptors (Lipinski definition) is 15. The first kappa shape index (κ1) is 50.8. The monoisotopic (exact) mass is 984 g/mol. The van der Waals surface area contributed by atoms with Crippen molar-refractivity contribution in [2.75, 3.05) is 57.0 Å². The second kappa shape index (κ2) is 25.0. The molecule has 2 atom stereocenters. The molecule has 69 heavy (non-hydrogen) atoms. The third-order valence-corrected chi connectivity index (χ3v) is 10.5. The second-order valence-electron chi connectivity index (χ2n) is 14.8. The van der Waals surface area contributed by atoms with E-state index in [1.807, 2.05) is 112 Å². The molecule has 0 bridgehead atoms. The number of anilines is 2. The maximum atomic E-state index is 11.2. The Morgan fingerprint density at radius 2 is 1.16 bits per heavy atom. The van der Waals surface area contributed by atoms with E-state index in [0.717, 1.165) is 74.2 Å². The van der Waals surface area contributed by atoms with Crippen LogP contribution in [0.4, 0.5) is 21.2 Å². The lowest BCUT2D eigenvalue weighted by atomic mass is 10.0. The minimum Gasteiger partial charge on any atom is -0.508 e. The maximum absolute atomic E-state index is 11.2. The predicted molar refractivity (Wildman–Crippen MR) is 277 cm³/mol. The van der Waals surface area contributed by atoms with Gasteiger partial charge in [-0.3, -0.25) is 9.97 Å². The number of fused-ring (bicyclic) bond motifs is 2. The quantitative estimate of drug-likeness (QED) is 0.0638. The average molecular weight is 986 g/mol. The molecular weight excluding hydrogens is 935 g/mol. The number of hydrogen-bond donors (Lipinski definition) is 5. The zero-order valence-corrected chi connectivity index (χ0v) is 39.6. The molecule has 8 aromatic rings. The number of pyridine rings is 2. The molecule has 0 radical (unpaired) electrons. The Bertz CT molecular complexity index is 3020. The lowest BCUT2D eigenvalue weighted by molar-refractivity contribution is 0.105. The number of nitrogens with zero attached hydrogens (tertiary/aromatic N) is 6. The largest absolute Gasteiger partial charge is 0.508 e. The molecule has 4 aromatic heterocycles. The Kier molecular flexibility index (Phi) is 18.4. The summed E-state index contributed by atoms with van der Waals surface area (Å²) in [4.78, 5) is 48.4. The normalized spacial score (nSPS) is 14.4. The van der Waals surface area contributed by atoms with Gasteiger partial charge in [-0.25, -0.2) is 29.5 Å². The molecular formula is C50H50ClN10O6PS. The molecule has 4 aromatic carbocycles. The number of halogens is 1. The number of alkyl halides is 1. The van der Waals surface area contributed by atoms with Crippen LogP contribution in [0.15, 0.2) is 134 Å². The number of phenols is 1. The molecule has 2 aliphatic rings. The van der Waals surface area contributed by atoms with E-state index in [-0.39, 0.29) is 31.5 Å². The van der Waals surface area contributed by atoms with E-state index in [9.17, 15) is 14.7 Å². The van der Waals surface area contributed by atoms with Gasteiger partial charge in [0.25, 0.3) is 0 Å². The minimum atomic E-state index is -0.405. The molecule has 2 fully saturated rings. The predicted octanol–water partition coefficient (Wildman–Crippen LogP) is 9.99. The lowest BCUT2D eigenvalue weighted by Gasteiger charge is -2.12. The number of rotatable bonds is 10. The molecule has 0 saturated carbocycles. The molecule has 6 heterocycles. The summed E-state index contributed by atoms with van der Waals surface area (Å²) in [6.45, 7) is 3.21. The van der Waals surface area contributed by atoms with Crippen LogP contribution in [-0.2, 0) is 21.3 Å². The van der Waals surface area contributed by atoms with Crippen LogP contribution < -0.4 is 26.0 Å². The van der Waals surface area contributed by atoms with E-state index in [2.05, 4.69) is 68.8 Å². The van der Waals surface area contributed by atoms with E-state index in [1.54, 1.807) is 36.9 Å². The Labute approximate surface area is 411 Å². The molecule has 5 N–H and O–H groups in total. The smallest absolute Gasteiger partial charge is 0.407 e. The van der Waals surface area contributed by atoms with Crippen LogP contribution in [0.2, 0.25) is 0 Å². The van der Waals surface area contributed by atoms with Gasteiger partial charge >= 0.3 is 12.2 Å². The van der Waals surface area contributed by atoms with Crippen LogP contribution in [0, 0.1) is 0 Å². The average Bonchev–Trinajstić information content (AvgIpc) is 4.02. The first-order chi connectivity index (χ1) is 33.2. The van der Waals surface area contributed by atoms with Gasteiger partial charge < -0.3 is 40.6 Å². The van der Waals surface area contributed by atoms with Crippen molar-refractivity contribution in [1.29, 1.82) is 0 Å². The van der Waals surface area contributed by atoms with Gasteiger partial charge in [0, 0.05) is 60.8 Å². The Hall–Kier alpha value is -7.59. The number of ether oxygens (including phenoxy) is 3. The number of alkyl carbamates (subject to hydrolysis) is 2. The van der Waals surface area contributed by atoms with Crippen LogP contribution in [0.3, 0.4) is 0 Å². The fourth-order valence-electron chi connectivity index (χ4n) is 6.93. The number of aromatic hydroxyl groups is 1. The van der Waals surface area contributed by atoms with E-state index in [4.69, 9.17) is 26.1 Å². The van der Waals surface area contributed by atoms with Crippen molar-refractivity contribution in [3.63, 3.8) is 0 Å². The number of carbonyl (C=O) groups excluding carboxylic acids is 2. The molecule has 354 valence electrons. The van der Waals surface area contributed by atoms with Crippen molar-refractivity contribution in [1.82, 2.24) is 40.5 Å². The number of phenolic OH excluding ortho intramolecular Hbond substituents is 1.